The molecule has 150 valence electrons. The average molecular weight is 399 g/mol. The van der Waals surface area contributed by atoms with E-state index in [1.54, 1.807) is 24.7 Å². The summed E-state index contributed by atoms with van der Waals surface area (Å²) in [5.41, 5.74) is 3.06. The Balaban J connectivity index is 1.42. The number of nitrogens with zero attached hydrogens (tertiary/aromatic N) is 4. The lowest BCUT2D eigenvalue weighted by molar-refractivity contribution is 0.0722. The fourth-order valence-electron chi connectivity index (χ4n) is 4.15. The second kappa shape index (κ2) is 7.59. The summed E-state index contributed by atoms with van der Waals surface area (Å²) >= 11 is 0. The van der Waals surface area contributed by atoms with Crippen LogP contribution >= 0.6 is 0 Å². The van der Waals surface area contributed by atoms with Crippen molar-refractivity contribution in [2.45, 2.75) is 25.4 Å². The molecule has 1 aliphatic heterocycles. The van der Waals surface area contributed by atoms with E-state index in [0.29, 0.717) is 24.3 Å². The van der Waals surface area contributed by atoms with Gasteiger partial charge in [-0.05, 0) is 37.1 Å². The number of fused-ring (bicyclic) bond motifs is 1. The zero-order valence-corrected chi connectivity index (χ0v) is 16.4. The van der Waals surface area contributed by atoms with Gasteiger partial charge >= 0.3 is 0 Å². The Morgan fingerprint density at radius 1 is 1.10 bits per heavy atom. The van der Waals surface area contributed by atoms with Crippen molar-refractivity contribution in [1.29, 1.82) is 0 Å². The number of rotatable bonds is 4. The molecule has 1 aromatic carbocycles. The minimum absolute atomic E-state index is 0.00622. The Hall–Kier alpha value is -3.74. The van der Waals surface area contributed by atoms with Gasteiger partial charge in [-0.1, -0.05) is 18.2 Å². The Morgan fingerprint density at radius 2 is 1.93 bits per heavy atom. The number of aromatic nitrogens is 4. The largest absolute Gasteiger partial charge is 0.360 e. The summed E-state index contributed by atoms with van der Waals surface area (Å²) in [6.07, 6.45) is 6.94. The van der Waals surface area contributed by atoms with E-state index in [2.05, 4.69) is 15.1 Å². The van der Waals surface area contributed by atoms with Crippen LogP contribution in [0, 0.1) is 0 Å². The van der Waals surface area contributed by atoms with Crippen LogP contribution in [0.4, 0.5) is 0 Å². The predicted molar refractivity (Wildman–Crippen MR) is 114 cm³/mol. The van der Waals surface area contributed by atoms with Crippen LogP contribution in [-0.2, 0) is 6.54 Å². The number of nitrogens with one attached hydrogen (secondary N) is 1. The van der Waals surface area contributed by atoms with Crippen LogP contribution < -0.4 is 5.56 Å². The van der Waals surface area contributed by atoms with Gasteiger partial charge in [-0.15, -0.1) is 0 Å². The SMILES string of the molecule is O=C(c1c[nH]c2ccccc12)N1CCCC1Cn1nc(-c2ccncc2)ccc1=O. The van der Waals surface area contributed by atoms with Gasteiger partial charge in [0.2, 0.25) is 0 Å². The van der Waals surface area contributed by atoms with E-state index in [9.17, 15) is 9.59 Å². The van der Waals surface area contributed by atoms with Crippen molar-refractivity contribution in [3.05, 3.63) is 83.0 Å². The summed E-state index contributed by atoms with van der Waals surface area (Å²) in [6.45, 7) is 1.06. The highest BCUT2D eigenvalue weighted by molar-refractivity contribution is 6.06. The number of benzene rings is 1. The number of carbonyl (C=O) groups is 1. The number of para-hydroxylation sites is 1. The van der Waals surface area contributed by atoms with Gasteiger partial charge in [0.1, 0.15) is 0 Å². The monoisotopic (exact) mass is 399 g/mol. The molecule has 4 aromatic rings. The first kappa shape index (κ1) is 18.3. The molecule has 0 saturated carbocycles. The topological polar surface area (TPSA) is 83.9 Å². The number of H-pyrrole nitrogens is 1. The van der Waals surface area contributed by atoms with Crippen LogP contribution in [0.3, 0.4) is 0 Å². The van der Waals surface area contributed by atoms with Crippen LogP contribution in [0.1, 0.15) is 23.2 Å². The first-order valence-corrected chi connectivity index (χ1v) is 10.1. The van der Waals surface area contributed by atoms with Gasteiger partial charge < -0.3 is 9.88 Å². The Kier molecular flexibility index (Phi) is 4.63. The van der Waals surface area contributed by atoms with E-state index >= 15 is 0 Å². The van der Waals surface area contributed by atoms with E-state index in [1.165, 1.54) is 10.7 Å². The van der Waals surface area contributed by atoms with Crippen molar-refractivity contribution in [2.24, 2.45) is 0 Å². The highest BCUT2D eigenvalue weighted by Gasteiger charge is 2.31. The normalized spacial score (nSPS) is 16.3. The third-order valence-electron chi connectivity index (χ3n) is 5.68. The highest BCUT2D eigenvalue weighted by Crippen LogP contribution is 2.25. The molecular weight excluding hydrogens is 378 g/mol. The summed E-state index contributed by atoms with van der Waals surface area (Å²) in [5, 5.41) is 5.46. The molecule has 1 unspecified atom stereocenters. The maximum atomic E-state index is 13.3. The lowest BCUT2D eigenvalue weighted by Gasteiger charge is -2.25. The quantitative estimate of drug-likeness (QED) is 0.572. The fraction of sp³-hybridized carbons (Fsp3) is 0.217. The molecule has 7 heteroatoms. The summed E-state index contributed by atoms with van der Waals surface area (Å²) in [5.74, 6) is -0.00622. The van der Waals surface area contributed by atoms with Crippen molar-refractivity contribution < 1.29 is 4.79 Å². The summed E-state index contributed by atoms with van der Waals surface area (Å²) in [4.78, 5) is 34.8. The third kappa shape index (κ3) is 3.28. The highest BCUT2D eigenvalue weighted by atomic mass is 16.2. The first-order chi connectivity index (χ1) is 14.7. The molecule has 7 nitrogen and oxygen atoms in total. The van der Waals surface area contributed by atoms with E-state index in [4.69, 9.17) is 0 Å². The summed E-state index contributed by atoms with van der Waals surface area (Å²) < 4.78 is 1.47. The second-order valence-corrected chi connectivity index (χ2v) is 7.52. The third-order valence-corrected chi connectivity index (χ3v) is 5.68. The van der Waals surface area contributed by atoms with Crippen molar-refractivity contribution in [2.75, 3.05) is 6.54 Å². The maximum absolute atomic E-state index is 13.3. The Bertz CT molecular complexity index is 1260. The molecule has 1 saturated heterocycles. The molecule has 1 fully saturated rings. The van der Waals surface area contributed by atoms with E-state index < -0.39 is 0 Å². The standard InChI is InChI=1S/C23H21N5O2/c29-22-8-7-20(16-9-11-24-12-10-16)26-28(22)15-17-4-3-13-27(17)23(30)19-14-25-21-6-2-1-5-18(19)21/h1-2,5-12,14,17,25H,3-4,13,15H2. The lowest BCUT2D eigenvalue weighted by Crippen LogP contribution is -2.40. The predicted octanol–water partition coefficient (Wildman–Crippen LogP) is 3.09. The number of carbonyl (C=O) groups excluding carboxylic acids is 1. The van der Waals surface area contributed by atoms with Gasteiger partial charge in [0, 0.05) is 47.7 Å². The minimum atomic E-state index is -0.167. The van der Waals surface area contributed by atoms with Gasteiger partial charge in [-0.3, -0.25) is 14.6 Å². The van der Waals surface area contributed by atoms with Gasteiger partial charge in [0.25, 0.3) is 11.5 Å². The molecule has 1 aliphatic rings. The molecule has 5 rings (SSSR count). The molecule has 1 N–H and O–H groups in total. The van der Waals surface area contributed by atoms with Crippen LogP contribution in [0.2, 0.25) is 0 Å². The minimum Gasteiger partial charge on any atom is -0.360 e. The van der Waals surface area contributed by atoms with Crippen molar-refractivity contribution in [1.82, 2.24) is 24.6 Å². The molecule has 0 spiro atoms. The zero-order chi connectivity index (χ0) is 20.5. The van der Waals surface area contributed by atoms with E-state index in [0.717, 1.165) is 29.3 Å². The summed E-state index contributed by atoms with van der Waals surface area (Å²) in [6, 6.07) is 14.7. The maximum Gasteiger partial charge on any atom is 0.266 e. The molecule has 3 aromatic heterocycles. The van der Waals surface area contributed by atoms with Crippen molar-refractivity contribution in [3.63, 3.8) is 0 Å². The Morgan fingerprint density at radius 3 is 2.80 bits per heavy atom. The van der Waals surface area contributed by atoms with Gasteiger partial charge in [-0.2, -0.15) is 5.10 Å². The molecular formula is C23H21N5O2. The lowest BCUT2D eigenvalue weighted by atomic mass is 10.1. The first-order valence-electron chi connectivity index (χ1n) is 10.1. The average Bonchev–Trinajstić information content (AvgIpc) is 3.42. The number of likely N-dealkylation sites (tertiary alicyclic amines) is 1. The molecule has 0 aliphatic carbocycles. The second-order valence-electron chi connectivity index (χ2n) is 7.52. The number of hydrogen-bond acceptors (Lipinski definition) is 4. The van der Waals surface area contributed by atoms with Crippen molar-refractivity contribution >= 4 is 16.8 Å². The van der Waals surface area contributed by atoms with Crippen LogP contribution in [-0.4, -0.2) is 43.1 Å². The molecule has 0 radical (unpaired) electrons. The number of hydrogen-bond donors (Lipinski definition) is 1. The van der Waals surface area contributed by atoms with Crippen LogP contribution in [0.5, 0.6) is 0 Å². The van der Waals surface area contributed by atoms with Crippen LogP contribution in [0.15, 0.2) is 71.9 Å². The molecule has 1 atom stereocenters. The molecule has 4 heterocycles. The van der Waals surface area contributed by atoms with Gasteiger partial charge in [0.15, 0.2) is 0 Å². The van der Waals surface area contributed by atoms with Gasteiger partial charge in [0.05, 0.1) is 23.8 Å². The van der Waals surface area contributed by atoms with Crippen LogP contribution in [0.25, 0.3) is 22.2 Å². The van der Waals surface area contributed by atoms with Gasteiger partial charge in [-0.25, -0.2) is 4.68 Å². The zero-order valence-electron chi connectivity index (χ0n) is 16.4. The molecule has 30 heavy (non-hydrogen) atoms. The molecule has 1 amide bonds. The van der Waals surface area contributed by atoms with E-state index in [-0.39, 0.29) is 17.5 Å². The Labute approximate surface area is 173 Å². The number of pyridine rings is 1. The smallest absolute Gasteiger partial charge is 0.266 e. The fourth-order valence-corrected chi connectivity index (χ4v) is 4.15. The molecule has 0 bridgehead atoms. The summed E-state index contributed by atoms with van der Waals surface area (Å²) in [7, 11) is 0. The number of aromatic amines is 1. The van der Waals surface area contributed by atoms with E-state index in [1.807, 2.05) is 41.3 Å². The van der Waals surface area contributed by atoms with Crippen molar-refractivity contribution in [3.8, 4) is 11.3 Å². The number of amides is 1.